The van der Waals surface area contributed by atoms with Crippen LogP contribution >= 0.6 is 27.5 Å². The van der Waals surface area contributed by atoms with E-state index in [9.17, 15) is 4.79 Å². The highest BCUT2D eigenvalue weighted by Gasteiger charge is 2.11. The summed E-state index contributed by atoms with van der Waals surface area (Å²) in [5.74, 6) is -0.335. The van der Waals surface area contributed by atoms with Crippen molar-refractivity contribution in [1.82, 2.24) is 0 Å². The van der Waals surface area contributed by atoms with Crippen molar-refractivity contribution in [2.75, 3.05) is 12.4 Å². The third kappa shape index (κ3) is 3.77. The Morgan fingerprint density at radius 1 is 1.33 bits per heavy atom. The van der Waals surface area contributed by atoms with Crippen LogP contribution < -0.4 is 5.32 Å². The third-order valence-corrected chi connectivity index (χ3v) is 4.07. The molecule has 110 valence electrons. The Morgan fingerprint density at radius 2 is 2.10 bits per heavy atom. The summed E-state index contributed by atoms with van der Waals surface area (Å²) in [6.45, 7) is 2.47. The summed E-state index contributed by atoms with van der Waals surface area (Å²) >= 11 is 9.58. The van der Waals surface area contributed by atoms with Crippen molar-refractivity contribution in [3.05, 3.63) is 62.6 Å². The lowest BCUT2D eigenvalue weighted by atomic mass is 10.1. The zero-order chi connectivity index (χ0) is 15.4. The predicted octanol–water partition coefficient (Wildman–Crippen LogP) is 4.81. The molecule has 0 aliphatic carbocycles. The number of methoxy groups -OCH3 is 1. The number of carbonyl (C=O) groups excluding carboxylic acids is 1. The fourth-order valence-electron chi connectivity index (χ4n) is 2.01. The molecule has 3 nitrogen and oxygen atoms in total. The van der Waals surface area contributed by atoms with Gasteiger partial charge in [-0.3, -0.25) is 0 Å². The van der Waals surface area contributed by atoms with Crippen LogP contribution in [-0.2, 0) is 11.3 Å². The molecule has 0 saturated heterocycles. The average molecular weight is 369 g/mol. The van der Waals surface area contributed by atoms with Crippen LogP contribution in [0.15, 0.2) is 40.9 Å². The van der Waals surface area contributed by atoms with Gasteiger partial charge < -0.3 is 10.1 Å². The van der Waals surface area contributed by atoms with Crippen molar-refractivity contribution in [2.45, 2.75) is 13.5 Å². The van der Waals surface area contributed by atoms with E-state index in [-0.39, 0.29) is 5.97 Å². The number of ether oxygens (including phenoxy) is 1. The SMILES string of the molecule is COC(=O)c1cccc(NCc2ccc(Br)cc2Cl)c1C. The summed E-state index contributed by atoms with van der Waals surface area (Å²) < 4.78 is 5.72. The van der Waals surface area contributed by atoms with Crippen molar-refractivity contribution in [1.29, 1.82) is 0 Å². The van der Waals surface area contributed by atoms with E-state index in [4.69, 9.17) is 16.3 Å². The zero-order valence-electron chi connectivity index (χ0n) is 11.7. The number of hydrogen-bond donors (Lipinski definition) is 1. The quantitative estimate of drug-likeness (QED) is 0.787. The molecule has 0 aromatic heterocycles. The number of hydrogen-bond acceptors (Lipinski definition) is 3. The van der Waals surface area contributed by atoms with Crippen molar-refractivity contribution in [2.24, 2.45) is 0 Å². The first-order valence-electron chi connectivity index (χ1n) is 6.38. The lowest BCUT2D eigenvalue weighted by Gasteiger charge is -2.13. The Kier molecular flexibility index (Phi) is 5.26. The second-order valence-corrected chi connectivity index (χ2v) is 5.88. The van der Waals surface area contributed by atoms with Gasteiger partial charge in [-0.25, -0.2) is 4.79 Å². The highest BCUT2D eigenvalue weighted by Crippen LogP contribution is 2.24. The number of anilines is 1. The Labute approximate surface area is 137 Å². The normalized spacial score (nSPS) is 10.3. The first kappa shape index (κ1) is 15.9. The van der Waals surface area contributed by atoms with Crippen LogP contribution in [0.5, 0.6) is 0 Å². The van der Waals surface area contributed by atoms with Crippen molar-refractivity contribution >= 4 is 39.2 Å². The van der Waals surface area contributed by atoms with E-state index in [1.807, 2.05) is 37.3 Å². The summed E-state index contributed by atoms with van der Waals surface area (Å²) in [6, 6.07) is 11.3. The van der Waals surface area contributed by atoms with Gasteiger partial charge in [0.05, 0.1) is 12.7 Å². The Balaban J connectivity index is 2.18. The molecule has 2 aromatic carbocycles. The second-order valence-electron chi connectivity index (χ2n) is 4.56. The lowest BCUT2D eigenvalue weighted by molar-refractivity contribution is 0.0600. The van der Waals surface area contributed by atoms with E-state index >= 15 is 0 Å². The van der Waals surface area contributed by atoms with E-state index in [1.54, 1.807) is 6.07 Å². The zero-order valence-corrected chi connectivity index (χ0v) is 14.1. The highest BCUT2D eigenvalue weighted by molar-refractivity contribution is 9.10. The molecule has 0 bridgehead atoms. The summed E-state index contributed by atoms with van der Waals surface area (Å²) in [7, 11) is 1.38. The lowest BCUT2D eigenvalue weighted by Crippen LogP contribution is -2.07. The highest BCUT2D eigenvalue weighted by atomic mass is 79.9. The van der Waals surface area contributed by atoms with Crippen LogP contribution in [0.25, 0.3) is 0 Å². The van der Waals surface area contributed by atoms with E-state index < -0.39 is 0 Å². The van der Waals surface area contributed by atoms with Gasteiger partial charge in [0.25, 0.3) is 0 Å². The van der Waals surface area contributed by atoms with Gasteiger partial charge in [-0.2, -0.15) is 0 Å². The van der Waals surface area contributed by atoms with Crippen LogP contribution in [0.1, 0.15) is 21.5 Å². The minimum Gasteiger partial charge on any atom is -0.465 e. The van der Waals surface area contributed by atoms with Crippen LogP contribution in [0.3, 0.4) is 0 Å². The molecule has 0 atom stereocenters. The topological polar surface area (TPSA) is 38.3 Å². The number of nitrogens with one attached hydrogen (secondary N) is 1. The molecular weight excluding hydrogens is 354 g/mol. The van der Waals surface area contributed by atoms with Crippen LogP contribution in [0.2, 0.25) is 5.02 Å². The largest absolute Gasteiger partial charge is 0.465 e. The molecule has 0 aliphatic heterocycles. The Bertz CT molecular complexity index is 673. The minimum atomic E-state index is -0.335. The predicted molar refractivity (Wildman–Crippen MR) is 89.0 cm³/mol. The van der Waals surface area contributed by atoms with Gasteiger partial charge in [0.15, 0.2) is 0 Å². The number of carbonyl (C=O) groups is 1. The van der Waals surface area contributed by atoms with Gasteiger partial charge in [0.1, 0.15) is 0 Å². The molecule has 0 saturated carbocycles. The van der Waals surface area contributed by atoms with Crippen LogP contribution in [-0.4, -0.2) is 13.1 Å². The summed E-state index contributed by atoms with van der Waals surface area (Å²) in [6.07, 6.45) is 0. The maximum atomic E-state index is 11.7. The number of esters is 1. The molecule has 5 heteroatoms. The third-order valence-electron chi connectivity index (χ3n) is 3.22. The van der Waals surface area contributed by atoms with E-state index in [2.05, 4.69) is 21.2 Å². The molecular formula is C16H15BrClNO2. The summed E-state index contributed by atoms with van der Waals surface area (Å²) in [4.78, 5) is 11.7. The van der Waals surface area contributed by atoms with E-state index in [1.165, 1.54) is 7.11 Å². The molecule has 0 radical (unpaired) electrons. The fourth-order valence-corrected chi connectivity index (χ4v) is 2.75. The fraction of sp³-hybridized carbons (Fsp3) is 0.188. The molecule has 0 amide bonds. The standard InChI is InChI=1S/C16H15BrClNO2/c1-10-13(16(20)21-2)4-3-5-15(10)19-9-11-6-7-12(17)8-14(11)18/h3-8,19H,9H2,1-2H3. The summed E-state index contributed by atoms with van der Waals surface area (Å²) in [5, 5.41) is 3.99. The van der Waals surface area contributed by atoms with Gasteiger partial charge in [0, 0.05) is 21.7 Å². The van der Waals surface area contributed by atoms with E-state index in [0.29, 0.717) is 17.1 Å². The second kappa shape index (κ2) is 6.96. The van der Waals surface area contributed by atoms with Crippen LogP contribution in [0.4, 0.5) is 5.69 Å². The van der Waals surface area contributed by atoms with Gasteiger partial charge in [0.2, 0.25) is 0 Å². The van der Waals surface area contributed by atoms with Crippen molar-refractivity contribution in [3.63, 3.8) is 0 Å². The summed E-state index contributed by atoms with van der Waals surface area (Å²) in [5.41, 5.74) is 3.29. The number of rotatable bonds is 4. The van der Waals surface area contributed by atoms with Gasteiger partial charge in [-0.1, -0.05) is 39.7 Å². The molecule has 21 heavy (non-hydrogen) atoms. The number of halogens is 2. The van der Waals surface area contributed by atoms with Gasteiger partial charge >= 0.3 is 5.97 Å². The molecule has 0 heterocycles. The molecule has 0 fully saturated rings. The van der Waals surface area contributed by atoms with Gasteiger partial charge in [-0.15, -0.1) is 0 Å². The van der Waals surface area contributed by atoms with Crippen LogP contribution in [0, 0.1) is 6.92 Å². The molecule has 0 unspecified atom stereocenters. The first-order chi connectivity index (χ1) is 10.0. The first-order valence-corrected chi connectivity index (χ1v) is 7.55. The molecule has 2 aromatic rings. The molecule has 0 aliphatic rings. The molecule has 2 rings (SSSR count). The smallest absolute Gasteiger partial charge is 0.338 e. The van der Waals surface area contributed by atoms with Gasteiger partial charge in [-0.05, 0) is 42.3 Å². The molecule has 1 N–H and O–H groups in total. The van der Waals surface area contributed by atoms with E-state index in [0.717, 1.165) is 21.3 Å². The number of benzene rings is 2. The maximum absolute atomic E-state index is 11.7. The monoisotopic (exact) mass is 367 g/mol. The van der Waals surface area contributed by atoms with Crippen molar-refractivity contribution in [3.8, 4) is 0 Å². The minimum absolute atomic E-state index is 0.335. The maximum Gasteiger partial charge on any atom is 0.338 e. The molecule has 0 spiro atoms. The van der Waals surface area contributed by atoms with Crippen molar-refractivity contribution < 1.29 is 9.53 Å². The Morgan fingerprint density at radius 3 is 2.76 bits per heavy atom. The Hall–Kier alpha value is -1.52. The average Bonchev–Trinajstić information content (AvgIpc) is 2.47.